The highest BCUT2D eigenvalue weighted by molar-refractivity contribution is 6.71. The summed E-state index contributed by atoms with van der Waals surface area (Å²) >= 11 is 0. The third-order valence-corrected chi connectivity index (χ3v) is 12.4. The molecule has 2 fully saturated rings. The molecule has 3 aromatic rings. The van der Waals surface area contributed by atoms with Gasteiger partial charge in [0.15, 0.2) is 26.3 Å². The number of aromatic nitrogens is 3. The molecule has 49 heavy (non-hydrogen) atoms. The fourth-order valence-electron chi connectivity index (χ4n) is 7.62. The van der Waals surface area contributed by atoms with E-state index >= 15 is 0 Å². The molecule has 2 aromatic carbocycles. The van der Waals surface area contributed by atoms with Gasteiger partial charge in [-0.25, -0.2) is 0 Å². The molecule has 0 aliphatic carbocycles. The van der Waals surface area contributed by atoms with Gasteiger partial charge in [0.05, 0.1) is 24.0 Å². The number of aliphatic hydroxyl groups excluding tert-OH is 5. The average Bonchev–Trinajstić information content (AvgIpc) is 3.71. The highest BCUT2D eigenvalue weighted by atomic mass is 28.4. The molecule has 1 spiro atoms. The van der Waals surface area contributed by atoms with Gasteiger partial charge in [0.2, 0.25) is 0 Å². The first kappa shape index (κ1) is 35.3. The van der Waals surface area contributed by atoms with Gasteiger partial charge < -0.3 is 50.0 Å². The molecule has 6 rings (SSSR count). The zero-order valence-electron chi connectivity index (χ0n) is 27.5. The summed E-state index contributed by atoms with van der Waals surface area (Å²) < 4.78 is 13.6. The van der Waals surface area contributed by atoms with Crippen LogP contribution in [0.1, 0.15) is 30.2 Å². The lowest BCUT2D eigenvalue weighted by atomic mass is 9.82. The molecule has 0 bridgehead atoms. The highest BCUT2D eigenvalue weighted by Gasteiger charge is 2.66. The largest absolute Gasteiger partial charge is 0.432 e. The van der Waals surface area contributed by atoms with Crippen LogP contribution in [-0.4, -0.2) is 109 Å². The number of carbonyl (C=O) groups is 2. The molecule has 3 aliphatic rings. The monoisotopic (exact) mass is 697 g/mol. The molecular formula is C33H43N5O10Si. The number of aliphatic hydroxyl groups is 5. The SMILES string of the molecule is C[C@@H]1[C@@H]([Si](C)(C)O)[C@H](CCn2cc(CCO)nn2)O[C@@]12C(=O)N(Cc1cccc(NC(=O)[C@H]3O[C@@H](O)[C@H](O)[C@@H](O)[C@@H]3O)c1)c1ccccc12. The van der Waals surface area contributed by atoms with Gasteiger partial charge in [-0.15, -0.1) is 5.10 Å². The summed E-state index contributed by atoms with van der Waals surface area (Å²) in [7, 11) is -2.88. The summed E-state index contributed by atoms with van der Waals surface area (Å²) in [5, 5.41) is 60.0. The zero-order chi connectivity index (χ0) is 35.2. The van der Waals surface area contributed by atoms with E-state index in [0.717, 1.165) is 5.56 Å². The van der Waals surface area contributed by atoms with Crippen LogP contribution in [0.15, 0.2) is 54.7 Å². The highest BCUT2D eigenvalue weighted by Crippen LogP contribution is 2.59. The number of nitrogens with one attached hydrogen (secondary N) is 1. The first-order valence-corrected chi connectivity index (χ1v) is 19.4. The van der Waals surface area contributed by atoms with Crippen molar-refractivity contribution in [2.75, 3.05) is 16.8 Å². The number of para-hydroxylation sites is 1. The van der Waals surface area contributed by atoms with E-state index in [1.54, 1.807) is 40.0 Å². The van der Waals surface area contributed by atoms with E-state index in [1.807, 2.05) is 44.3 Å². The Morgan fingerprint density at radius 3 is 2.55 bits per heavy atom. The molecule has 0 saturated carbocycles. The molecule has 2 amide bonds. The van der Waals surface area contributed by atoms with E-state index in [4.69, 9.17) is 9.47 Å². The number of rotatable bonds is 10. The zero-order valence-corrected chi connectivity index (χ0v) is 28.5. The van der Waals surface area contributed by atoms with Crippen LogP contribution in [0.3, 0.4) is 0 Å². The molecule has 3 aliphatic heterocycles. The van der Waals surface area contributed by atoms with Crippen LogP contribution in [0.2, 0.25) is 18.6 Å². The predicted octanol–water partition coefficient (Wildman–Crippen LogP) is -0.0138. The van der Waals surface area contributed by atoms with Gasteiger partial charge in [0.1, 0.15) is 18.3 Å². The third kappa shape index (κ3) is 6.44. The van der Waals surface area contributed by atoms with Crippen molar-refractivity contribution in [3.8, 4) is 0 Å². The normalized spacial score (nSPS) is 31.4. The van der Waals surface area contributed by atoms with Gasteiger partial charge in [-0.2, -0.15) is 0 Å². The van der Waals surface area contributed by atoms with E-state index < -0.39 is 56.6 Å². The summed E-state index contributed by atoms with van der Waals surface area (Å²) in [6, 6.07) is 14.2. The number of anilines is 2. The van der Waals surface area contributed by atoms with Crippen molar-refractivity contribution in [3.05, 3.63) is 71.5 Å². The summed E-state index contributed by atoms with van der Waals surface area (Å²) in [6.45, 7) is 6.24. The summed E-state index contributed by atoms with van der Waals surface area (Å²) in [4.78, 5) is 40.8. The molecule has 0 unspecified atom stereocenters. The molecule has 16 heteroatoms. The van der Waals surface area contributed by atoms with Crippen LogP contribution < -0.4 is 10.2 Å². The topological polar surface area (TPSA) is 220 Å². The van der Waals surface area contributed by atoms with Crippen LogP contribution in [-0.2, 0) is 44.2 Å². The Morgan fingerprint density at radius 2 is 1.82 bits per heavy atom. The van der Waals surface area contributed by atoms with Crippen molar-refractivity contribution < 1.29 is 49.4 Å². The Bertz CT molecular complexity index is 1680. The number of aryl methyl sites for hydroxylation is 1. The molecule has 15 nitrogen and oxygen atoms in total. The summed E-state index contributed by atoms with van der Waals surface area (Å²) in [5.74, 6) is -1.46. The maximum absolute atomic E-state index is 14.7. The Kier molecular flexibility index (Phi) is 9.80. The number of benzene rings is 2. The Morgan fingerprint density at radius 1 is 1.06 bits per heavy atom. The average molecular weight is 698 g/mol. The molecular weight excluding hydrogens is 654 g/mol. The van der Waals surface area contributed by atoms with Crippen LogP contribution in [0.25, 0.3) is 0 Å². The smallest absolute Gasteiger partial charge is 0.264 e. The van der Waals surface area contributed by atoms with Gasteiger partial charge >= 0.3 is 0 Å². The number of carbonyl (C=O) groups excluding carboxylic acids is 2. The summed E-state index contributed by atoms with van der Waals surface area (Å²) in [6.07, 6.45) is -6.62. The number of hydrogen-bond donors (Lipinski definition) is 7. The molecule has 1 aromatic heterocycles. The molecule has 264 valence electrons. The van der Waals surface area contributed by atoms with Crippen molar-refractivity contribution in [1.82, 2.24) is 15.0 Å². The fraction of sp³-hybridized carbons (Fsp3) is 0.515. The van der Waals surface area contributed by atoms with Crippen LogP contribution in [0.4, 0.5) is 11.4 Å². The predicted molar refractivity (Wildman–Crippen MR) is 176 cm³/mol. The van der Waals surface area contributed by atoms with E-state index in [0.29, 0.717) is 42.0 Å². The van der Waals surface area contributed by atoms with Gasteiger partial charge in [-0.05, 0) is 43.3 Å². The lowest BCUT2D eigenvalue weighted by Gasteiger charge is -2.37. The number of ether oxygens (including phenoxy) is 2. The van der Waals surface area contributed by atoms with E-state index in [-0.39, 0.29) is 30.5 Å². The third-order valence-electron chi connectivity index (χ3n) is 9.87. The van der Waals surface area contributed by atoms with Crippen molar-refractivity contribution in [2.24, 2.45) is 5.92 Å². The van der Waals surface area contributed by atoms with Crippen LogP contribution in [0, 0.1) is 5.92 Å². The quantitative estimate of drug-likeness (QED) is 0.139. The first-order chi connectivity index (χ1) is 23.3. The molecule has 4 heterocycles. The minimum Gasteiger partial charge on any atom is -0.432 e. The molecule has 0 radical (unpaired) electrons. The van der Waals surface area contributed by atoms with E-state index in [2.05, 4.69) is 15.6 Å². The fourth-order valence-corrected chi connectivity index (χ4v) is 10.2. The minimum atomic E-state index is -2.88. The van der Waals surface area contributed by atoms with Crippen molar-refractivity contribution in [2.45, 2.75) is 93.9 Å². The van der Waals surface area contributed by atoms with E-state index in [9.17, 15) is 39.9 Å². The maximum Gasteiger partial charge on any atom is 0.264 e. The maximum atomic E-state index is 14.7. The Hall–Kier alpha value is -3.58. The Balaban J connectivity index is 1.23. The van der Waals surface area contributed by atoms with Crippen LogP contribution in [0.5, 0.6) is 0 Å². The first-order valence-electron chi connectivity index (χ1n) is 16.3. The van der Waals surface area contributed by atoms with Gasteiger partial charge in [-0.1, -0.05) is 42.5 Å². The number of fused-ring (bicyclic) bond motifs is 2. The Labute approximate surface area is 283 Å². The number of hydrogen-bond acceptors (Lipinski definition) is 12. The van der Waals surface area contributed by atoms with Gasteiger partial charge in [0, 0.05) is 48.5 Å². The van der Waals surface area contributed by atoms with Crippen LogP contribution >= 0.6 is 0 Å². The van der Waals surface area contributed by atoms with Crippen molar-refractivity contribution in [3.63, 3.8) is 0 Å². The molecule has 2 saturated heterocycles. The van der Waals surface area contributed by atoms with Gasteiger partial charge in [-0.3, -0.25) is 14.3 Å². The standard InChI is InChI=1S/C33H43N5O10Si/c1-18-29(49(2,3)46)24(11-13-37-17-21(12-14-39)35-36-37)48-33(18)22-9-4-5-10-23(22)38(32(33)45)16-19-7-6-8-20(15-19)34-30(43)28-26(41)25(40)27(42)31(44)47-28/h4-10,15,17-18,24-29,31,39-42,44,46H,11-14,16H2,1-3H3,(H,34,43)/t18-,24+,25+,26+,27-,28+,29-,31-,33+/m1/s1. The lowest BCUT2D eigenvalue weighted by Crippen LogP contribution is -2.60. The van der Waals surface area contributed by atoms with E-state index in [1.165, 1.54) is 0 Å². The second kappa shape index (κ2) is 13.6. The second-order valence-corrected chi connectivity index (χ2v) is 17.6. The number of nitrogens with zero attached hydrogens (tertiary/aromatic N) is 4. The number of amides is 2. The summed E-state index contributed by atoms with van der Waals surface area (Å²) in [5.41, 5.74) is 1.43. The lowest BCUT2D eigenvalue weighted by molar-refractivity contribution is -0.274. The second-order valence-electron chi connectivity index (χ2n) is 13.6. The molecule has 9 atom stereocenters. The van der Waals surface area contributed by atoms with Crippen molar-refractivity contribution in [1.29, 1.82) is 0 Å². The minimum absolute atomic E-state index is 0.0326. The van der Waals surface area contributed by atoms with Crippen molar-refractivity contribution >= 4 is 31.5 Å². The van der Waals surface area contributed by atoms with Gasteiger partial charge in [0.25, 0.3) is 11.8 Å². The molecule has 7 N–H and O–H groups in total.